The van der Waals surface area contributed by atoms with Gasteiger partial charge in [-0.25, -0.2) is 0 Å². The number of hydrogen-bond donors (Lipinski definition) is 3. The Morgan fingerprint density at radius 3 is 2.14 bits per heavy atom. The molecule has 14 heavy (non-hydrogen) atoms. The van der Waals surface area contributed by atoms with Gasteiger partial charge in [-0.2, -0.15) is 0 Å². The van der Waals surface area contributed by atoms with E-state index >= 15 is 0 Å². The van der Waals surface area contributed by atoms with E-state index in [1.807, 2.05) is 0 Å². The summed E-state index contributed by atoms with van der Waals surface area (Å²) in [5, 5.41) is 20.7. The summed E-state index contributed by atoms with van der Waals surface area (Å²) in [6.45, 7) is 0. The van der Waals surface area contributed by atoms with Crippen molar-refractivity contribution < 1.29 is 19.8 Å². The van der Waals surface area contributed by atoms with E-state index in [0.29, 0.717) is 12.8 Å². The second-order valence-electron chi connectivity index (χ2n) is 3.69. The normalized spacial score (nSPS) is 32.5. The predicted octanol–water partition coefficient (Wildman–Crippen LogP) is 0.160. The molecule has 1 rings (SSSR count). The summed E-state index contributed by atoms with van der Waals surface area (Å²) in [6.07, 6.45) is 1.58. The Balaban J connectivity index is 2.70. The molecule has 0 amide bonds. The van der Waals surface area contributed by atoms with Gasteiger partial charge in [0.2, 0.25) is 0 Å². The maximum atomic E-state index is 10.8. The molecule has 3 N–H and O–H groups in total. The number of carboxylic acids is 2. The molecular formula is C9H15NO4. The molecule has 0 aromatic rings. The first-order chi connectivity index (χ1) is 6.56. The smallest absolute Gasteiger partial charge is 0.307 e. The minimum absolute atomic E-state index is 0.131. The topological polar surface area (TPSA) is 86.6 Å². The van der Waals surface area contributed by atoms with E-state index in [1.165, 1.54) is 0 Å². The van der Waals surface area contributed by atoms with Crippen molar-refractivity contribution in [3.8, 4) is 0 Å². The van der Waals surface area contributed by atoms with Crippen LogP contribution in [-0.2, 0) is 9.59 Å². The van der Waals surface area contributed by atoms with Gasteiger partial charge >= 0.3 is 11.9 Å². The van der Waals surface area contributed by atoms with Crippen LogP contribution in [0.3, 0.4) is 0 Å². The van der Waals surface area contributed by atoms with Crippen LogP contribution in [0.1, 0.15) is 19.3 Å². The number of carboxylic acid groups (broad SMARTS) is 2. The van der Waals surface area contributed by atoms with Gasteiger partial charge in [-0.15, -0.1) is 0 Å². The molecule has 3 unspecified atom stereocenters. The highest BCUT2D eigenvalue weighted by molar-refractivity contribution is 5.80. The van der Waals surface area contributed by atoms with Crippen LogP contribution < -0.4 is 5.32 Å². The standard InChI is InChI=1S/C9H15NO4/c1-10-5-2-3-6(8(11)12)7(4-5)9(13)14/h5-7,10H,2-4H2,1H3,(H,11,12)(H,13,14). The highest BCUT2D eigenvalue weighted by Crippen LogP contribution is 2.30. The average Bonchev–Trinajstić information content (AvgIpc) is 2.16. The minimum Gasteiger partial charge on any atom is -0.481 e. The largest absolute Gasteiger partial charge is 0.481 e. The average molecular weight is 201 g/mol. The molecule has 0 bridgehead atoms. The Hall–Kier alpha value is -1.10. The Kier molecular flexibility index (Phi) is 3.46. The Labute approximate surface area is 82.1 Å². The van der Waals surface area contributed by atoms with E-state index in [0.717, 1.165) is 6.42 Å². The van der Waals surface area contributed by atoms with Crippen LogP contribution in [0.4, 0.5) is 0 Å². The third-order valence-corrected chi connectivity index (χ3v) is 2.89. The van der Waals surface area contributed by atoms with Crippen molar-refractivity contribution in [2.45, 2.75) is 25.3 Å². The molecule has 0 aliphatic heterocycles. The summed E-state index contributed by atoms with van der Waals surface area (Å²) < 4.78 is 0. The summed E-state index contributed by atoms with van der Waals surface area (Å²) in [5.41, 5.74) is 0. The van der Waals surface area contributed by atoms with Gasteiger partial charge in [-0.1, -0.05) is 0 Å². The van der Waals surface area contributed by atoms with E-state index in [4.69, 9.17) is 10.2 Å². The molecule has 5 nitrogen and oxygen atoms in total. The lowest BCUT2D eigenvalue weighted by Crippen LogP contribution is -2.41. The molecule has 1 aliphatic rings. The van der Waals surface area contributed by atoms with Gasteiger partial charge in [-0.3, -0.25) is 9.59 Å². The van der Waals surface area contributed by atoms with Crippen molar-refractivity contribution in [1.29, 1.82) is 0 Å². The number of aliphatic carboxylic acids is 2. The Morgan fingerprint density at radius 2 is 1.71 bits per heavy atom. The first-order valence-corrected chi connectivity index (χ1v) is 4.69. The maximum absolute atomic E-state index is 10.8. The molecule has 0 saturated heterocycles. The fourth-order valence-electron chi connectivity index (χ4n) is 2.00. The molecule has 1 fully saturated rings. The second-order valence-corrected chi connectivity index (χ2v) is 3.69. The molecule has 5 heteroatoms. The molecule has 0 spiro atoms. The minimum atomic E-state index is -1.00. The van der Waals surface area contributed by atoms with Gasteiger partial charge in [0.05, 0.1) is 11.8 Å². The SMILES string of the molecule is CNC1CCC(C(=O)O)C(C(=O)O)C1. The van der Waals surface area contributed by atoms with Crippen LogP contribution in [0.15, 0.2) is 0 Å². The van der Waals surface area contributed by atoms with Crippen molar-refractivity contribution in [3.63, 3.8) is 0 Å². The molecule has 0 aromatic heterocycles. The third kappa shape index (κ3) is 2.23. The highest BCUT2D eigenvalue weighted by atomic mass is 16.4. The first-order valence-electron chi connectivity index (χ1n) is 4.69. The zero-order valence-electron chi connectivity index (χ0n) is 8.06. The van der Waals surface area contributed by atoms with Crippen molar-refractivity contribution >= 4 is 11.9 Å². The fraction of sp³-hybridized carbons (Fsp3) is 0.778. The summed E-state index contributed by atoms with van der Waals surface area (Å²) in [6, 6.07) is 0.131. The molecule has 1 aliphatic carbocycles. The van der Waals surface area contributed by atoms with E-state index in [2.05, 4.69) is 5.32 Å². The Morgan fingerprint density at radius 1 is 1.14 bits per heavy atom. The highest BCUT2D eigenvalue weighted by Gasteiger charge is 2.38. The van der Waals surface area contributed by atoms with Crippen LogP contribution in [0.5, 0.6) is 0 Å². The number of hydrogen-bond acceptors (Lipinski definition) is 3. The van der Waals surface area contributed by atoms with Crippen LogP contribution in [0.25, 0.3) is 0 Å². The van der Waals surface area contributed by atoms with Crippen LogP contribution in [0, 0.1) is 11.8 Å². The van der Waals surface area contributed by atoms with E-state index in [9.17, 15) is 9.59 Å². The van der Waals surface area contributed by atoms with E-state index in [-0.39, 0.29) is 6.04 Å². The van der Waals surface area contributed by atoms with Gasteiger partial charge in [0, 0.05) is 6.04 Å². The van der Waals surface area contributed by atoms with Crippen LogP contribution in [-0.4, -0.2) is 35.2 Å². The van der Waals surface area contributed by atoms with Crippen molar-refractivity contribution in [1.82, 2.24) is 5.32 Å². The van der Waals surface area contributed by atoms with Gasteiger partial charge in [0.25, 0.3) is 0 Å². The Bertz CT molecular complexity index is 241. The lowest BCUT2D eigenvalue weighted by atomic mass is 9.77. The fourth-order valence-corrected chi connectivity index (χ4v) is 2.00. The maximum Gasteiger partial charge on any atom is 0.307 e. The first kappa shape index (κ1) is 11.0. The molecule has 0 aromatic carbocycles. The zero-order chi connectivity index (χ0) is 10.7. The zero-order valence-corrected chi connectivity index (χ0v) is 8.06. The third-order valence-electron chi connectivity index (χ3n) is 2.89. The number of rotatable bonds is 3. The molecule has 0 radical (unpaired) electrons. The van der Waals surface area contributed by atoms with Gasteiger partial charge in [-0.05, 0) is 26.3 Å². The molecular weight excluding hydrogens is 186 g/mol. The van der Waals surface area contributed by atoms with Crippen LogP contribution >= 0.6 is 0 Å². The van der Waals surface area contributed by atoms with Crippen LogP contribution in [0.2, 0.25) is 0 Å². The molecule has 3 atom stereocenters. The summed E-state index contributed by atoms with van der Waals surface area (Å²) in [5.74, 6) is -3.47. The lowest BCUT2D eigenvalue weighted by Gasteiger charge is -2.31. The molecule has 1 saturated carbocycles. The molecule has 80 valence electrons. The number of carbonyl (C=O) groups is 2. The predicted molar refractivity (Wildman–Crippen MR) is 49.0 cm³/mol. The molecule has 0 heterocycles. The quantitative estimate of drug-likeness (QED) is 0.605. The van der Waals surface area contributed by atoms with Gasteiger partial charge in [0.1, 0.15) is 0 Å². The number of nitrogens with one attached hydrogen (secondary N) is 1. The summed E-state index contributed by atoms with van der Waals surface area (Å²) >= 11 is 0. The lowest BCUT2D eigenvalue weighted by molar-refractivity contribution is -0.156. The van der Waals surface area contributed by atoms with Gasteiger partial charge < -0.3 is 15.5 Å². The summed E-state index contributed by atoms with van der Waals surface area (Å²) in [7, 11) is 1.77. The summed E-state index contributed by atoms with van der Waals surface area (Å²) in [4.78, 5) is 21.6. The monoisotopic (exact) mass is 201 g/mol. The van der Waals surface area contributed by atoms with E-state index < -0.39 is 23.8 Å². The van der Waals surface area contributed by atoms with Crippen molar-refractivity contribution in [2.75, 3.05) is 7.05 Å². The van der Waals surface area contributed by atoms with Crippen molar-refractivity contribution in [2.24, 2.45) is 11.8 Å². The second kappa shape index (κ2) is 4.41. The van der Waals surface area contributed by atoms with Crippen molar-refractivity contribution in [3.05, 3.63) is 0 Å². The van der Waals surface area contributed by atoms with E-state index in [1.54, 1.807) is 7.05 Å². The van der Waals surface area contributed by atoms with Gasteiger partial charge in [0.15, 0.2) is 0 Å².